The van der Waals surface area contributed by atoms with E-state index in [9.17, 15) is 0 Å². The van der Waals surface area contributed by atoms with Crippen molar-refractivity contribution in [2.75, 3.05) is 0 Å². The number of rotatable bonds is 2. The Kier molecular flexibility index (Phi) is 2.99. The van der Waals surface area contributed by atoms with Crippen LogP contribution in [0.25, 0.3) is 22.5 Å². The molecular weight excluding hydrogens is 260 g/mol. The fourth-order valence-electron chi connectivity index (χ4n) is 3.17. The lowest BCUT2D eigenvalue weighted by molar-refractivity contribution is 0.687. The molecule has 4 nitrogen and oxygen atoms in total. The number of benzene rings is 2. The molecule has 104 valence electrons. The number of tetrazole rings is 1. The highest BCUT2D eigenvalue weighted by Gasteiger charge is 2.14. The maximum absolute atomic E-state index is 3.99. The van der Waals surface area contributed by atoms with Crippen LogP contribution in [0.3, 0.4) is 0 Å². The van der Waals surface area contributed by atoms with E-state index in [-0.39, 0.29) is 0 Å². The molecule has 0 spiro atoms. The first-order valence-electron chi connectivity index (χ1n) is 7.37. The van der Waals surface area contributed by atoms with E-state index in [1.165, 1.54) is 47.9 Å². The van der Waals surface area contributed by atoms with Crippen molar-refractivity contribution in [3.63, 3.8) is 0 Å². The molecule has 0 saturated carbocycles. The van der Waals surface area contributed by atoms with E-state index in [2.05, 4.69) is 57.0 Å². The summed E-state index contributed by atoms with van der Waals surface area (Å²) in [5.41, 5.74) is 6.62. The zero-order valence-corrected chi connectivity index (χ0v) is 11.7. The summed E-state index contributed by atoms with van der Waals surface area (Å²) >= 11 is 0. The van der Waals surface area contributed by atoms with Gasteiger partial charge in [0, 0.05) is 5.56 Å². The molecule has 1 aliphatic carbocycles. The third-order valence-corrected chi connectivity index (χ3v) is 4.19. The molecule has 0 fully saturated rings. The Morgan fingerprint density at radius 2 is 1.76 bits per heavy atom. The normalized spacial score (nSPS) is 13.9. The Balaban J connectivity index is 1.82. The van der Waals surface area contributed by atoms with Gasteiger partial charge in [0.15, 0.2) is 5.82 Å². The lowest BCUT2D eigenvalue weighted by Crippen LogP contribution is -2.04. The Morgan fingerprint density at radius 3 is 2.67 bits per heavy atom. The average molecular weight is 276 g/mol. The van der Waals surface area contributed by atoms with Gasteiger partial charge in [-0.2, -0.15) is 0 Å². The molecule has 1 aromatic heterocycles. The van der Waals surface area contributed by atoms with Crippen molar-refractivity contribution < 1.29 is 0 Å². The zero-order chi connectivity index (χ0) is 14.1. The van der Waals surface area contributed by atoms with Gasteiger partial charge in [-0.1, -0.05) is 36.4 Å². The maximum atomic E-state index is 3.99. The molecule has 0 bridgehead atoms. The molecule has 1 N–H and O–H groups in total. The molecule has 0 atom stereocenters. The first-order valence-corrected chi connectivity index (χ1v) is 7.37. The van der Waals surface area contributed by atoms with Crippen molar-refractivity contribution in [1.82, 2.24) is 20.6 Å². The second kappa shape index (κ2) is 5.13. The highest BCUT2D eigenvalue weighted by molar-refractivity contribution is 5.73. The molecule has 3 aromatic rings. The van der Waals surface area contributed by atoms with Crippen LogP contribution in [0.5, 0.6) is 0 Å². The Morgan fingerprint density at radius 1 is 0.905 bits per heavy atom. The quantitative estimate of drug-likeness (QED) is 0.780. The van der Waals surface area contributed by atoms with Crippen LogP contribution in [-0.2, 0) is 12.8 Å². The molecule has 4 heteroatoms. The van der Waals surface area contributed by atoms with Crippen LogP contribution in [-0.4, -0.2) is 20.6 Å². The molecule has 21 heavy (non-hydrogen) atoms. The summed E-state index contributed by atoms with van der Waals surface area (Å²) in [6, 6.07) is 15.1. The molecule has 0 amide bonds. The zero-order valence-electron chi connectivity index (χ0n) is 11.7. The van der Waals surface area contributed by atoms with Gasteiger partial charge in [0.2, 0.25) is 0 Å². The van der Waals surface area contributed by atoms with Crippen LogP contribution in [0.1, 0.15) is 24.0 Å². The summed E-state index contributed by atoms with van der Waals surface area (Å²) in [5, 5.41) is 14.1. The predicted octanol–water partition coefficient (Wildman–Crippen LogP) is 3.41. The topological polar surface area (TPSA) is 54.5 Å². The number of aryl methyl sites for hydroxylation is 1. The Labute approximate surface area is 123 Å². The van der Waals surface area contributed by atoms with Crippen LogP contribution < -0.4 is 0 Å². The van der Waals surface area contributed by atoms with Gasteiger partial charge in [0.05, 0.1) is 0 Å². The van der Waals surface area contributed by atoms with Gasteiger partial charge in [0.25, 0.3) is 0 Å². The summed E-state index contributed by atoms with van der Waals surface area (Å²) in [6.45, 7) is 0. The van der Waals surface area contributed by atoms with E-state index in [4.69, 9.17) is 0 Å². The van der Waals surface area contributed by atoms with Gasteiger partial charge < -0.3 is 0 Å². The number of hydrogen-bond acceptors (Lipinski definition) is 3. The van der Waals surface area contributed by atoms with Gasteiger partial charge in [-0.15, -0.1) is 5.10 Å². The van der Waals surface area contributed by atoms with Gasteiger partial charge in [-0.3, -0.25) is 0 Å². The molecule has 1 aliphatic rings. The standard InChI is InChI=1S/C17H16N4/c1-2-9-15-12(5-1)6-4-10-16(15)13-7-3-8-14(11-13)17-18-20-21-19-17/h3-4,6-8,10-11H,1-2,5,9H2,(H,18,19,20,21). The van der Waals surface area contributed by atoms with Gasteiger partial charge in [0.1, 0.15) is 0 Å². The van der Waals surface area contributed by atoms with E-state index in [1.807, 2.05) is 6.07 Å². The number of nitrogens with one attached hydrogen (secondary N) is 1. The van der Waals surface area contributed by atoms with Crippen LogP contribution in [0.2, 0.25) is 0 Å². The highest BCUT2D eigenvalue weighted by Crippen LogP contribution is 2.32. The summed E-state index contributed by atoms with van der Waals surface area (Å²) in [6.07, 6.45) is 4.98. The third kappa shape index (κ3) is 2.23. The first-order chi connectivity index (χ1) is 10.4. The van der Waals surface area contributed by atoms with Crippen molar-refractivity contribution in [2.24, 2.45) is 0 Å². The van der Waals surface area contributed by atoms with Crippen molar-refractivity contribution in [3.05, 3.63) is 53.6 Å². The van der Waals surface area contributed by atoms with E-state index in [0.717, 1.165) is 5.56 Å². The number of fused-ring (bicyclic) bond motifs is 1. The Bertz CT molecular complexity index is 762. The van der Waals surface area contributed by atoms with E-state index >= 15 is 0 Å². The van der Waals surface area contributed by atoms with Crippen LogP contribution in [0, 0.1) is 0 Å². The molecule has 0 saturated heterocycles. The van der Waals surface area contributed by atoms with E-state index in [1.54, 1.807) is 0 Å². The monoisotopic (exact) mass is 276 g/mol. The van der Waals surface area contributed by atoms with E-state index in [0.29, 0.717) is 5.82 Å². The summed E-state index contributed by atoms with van der Waals surface area (Å²) in [5.74, 6) is 0.710. The number of nitrogens with zero attached hydrogens (tertiary/aromatic N) is 3. The minimum Gasteiger partial charge on any atom is -0.239 e. The smallest absolute Gasteiger partial charge is 0.179 e. The van der Waals surface area contributed by atoms with Crippen molar-refractivity contribution in [1.29, 1.82) is 0 Å². The lowest BCUT2D eigenvalue weighted by Gasteiger charge is -2.19. The van der Waals surface area contributed by atoms with Crippen molar-refractivity contribution >= 4 is 0 Å². The van der Waals surface area contributed by atoms with Crippen LogP contribution in [0.15, 0.2) is 42.5 Å². The summed E-state index contributed by atoms with van der Waals surface area (Å²) < 4.78 is 0. The van der Waals surface area contributed by atoms with Crippen LogP contribution in [0.4, 0.5) is 0 Å². The maximum Gasteiger partial charge on any atom is 0.179 e. The molecule has 0 radical (unpaired) electrons. The highest BCUT2D eigenvalue weighted by atomic mass is 15.5. The second-order valence-electron chi connectivity index (χ2n) is 5.48. The molecule has 0 unspecified atom stereocenters. The molecule has 4 rings (SSSR count). The second-order valence-corrected chi connectivity index (χ2v) is 5.48. The molecule has 1 heterocycles. The fourth-order valence-corrected chi connectivity index (χ4v) is 3.17. The van der Waals surface area contributed by atoms with Gasteiger partial charge >= 0.3 is 0 Å². The first kappa shape index (κ1) is 12.3. The number of hydrogen-bond donors (Lipinski definition) is 1. The lowest BCUT2D eigenvalue weighted by atomic mass is 9.85. The number of H-pyrrole nitrogens is 1. The summed E-state index contributed by atoms with van der Waals surface area (Å²) in [7, 11) is 0. The van der Waals surface area contributed by atoms with Gasteiger partial charge in [-0.25, -0.2) is 5.10 Å². The molecule has 0 aliphatic heterocycles. The summed E-state index contributed by atoms with van der Waals surface area (Å²) in [4.78, 5) is 0. The van der Waals surface area contributed by atoms with Crippen LogP contribution >= 0.6 is 0 Å². The predicted molar refractivity (Wildman–Crippen MR) is 81.7 cm³/mol. The largest absolute Gasteiger partial charge is 0.239 e. The third-order valence-electron chi connectivity index (χ3n) is 4.19. The molecule has 2 aromatic carbocycles. The fraction of sp³-hybridized carbons (Fsp3) is 0.235. The Hall–Kier alpha value is -2.49. The molecular formula is C17H16N4. The SMILES string of the molecule is c1cc(-c2nnn[nH]2)cc(-c2cccc3c2CCCC3)c1. The minimum atomic E-state index is 0.710. The van der Waals surface area contributed by atoms with Gasteiger partial charge in [-0.05, 0) is 64.4 Å². The van der Waals surface area contributed by atoms with Crippen molar-refractivity contribution in [2.45, 2.75) is 25.7 Å². The van der Waals surface area contributed by atoms with E-state index < -0.39 is 0 Å². The minimum absolute atomic E-state index is 0.710. The number of aromatic nitrogens is 4. The number of aromatic amines is 1. The average Bonchev–Trinajstić information content (AvgIpc) is 3.09. The van der Waals surface area contributed by atoms with Crippen molar-refractivity contribution in [3.8, 4) is 22.5 Å².